The quantitative estimate of drug-likeness (QED) is 0.794. The smallest absolute Gasteiger partial charge is 0.142 e. The van der Waals surface area contributed by atoms with Gasteiger partial charge in [0.1, 0.15) is 5.72 Å². The second-order valence-corrected chi connectivity index (χ2v) is 4.77. The molecule has 1 heterocycles. The van der Waals surface area contributed by atoms with Crippen LogP contribution in [-0.2, 0) is 10.5 Å². The number of ether oxygens (including phenoxy) is 1. The molecule has 0 saturated carbocycles. The molecular weight excluding hydrogens is 210 g/mol. The van der Waals surface area contributed by atoms with Gasteiger partial charge in [-0.1, -0.05) is 30.7 Å². The van der Waals surface area contributed by atoms with E-state index in [2.05, 4.69) is 19.2 Å². The van der Waals surface area contributed by atoms with E-state index >= 15 is 0 Å². The van der Waals surface area contributed by atoms with E-state index in [1.807, 2.05) is 24.3 Å². The van der Waals surface area contributed by atoms with Crippen molar-refractivity contribution < 1.29 is 4.74 Å². The van der Waals surface area contributed by atoms with Crippen molar-refractivity contribution >= 4 is 11.6 Å². The zero-order valence-electron chi connectivity index (χ0n) is 9.09. The summed E-state index contributed by atoms with van der Waals surface area (Å²) >= 11 is 5.86. The zero-order chi connectivity index (χ0) is 10.9. The van der Waals surface area contributed by atoms with Gasteiger partial charge in [0.25, 0.3) is 0 Å². The van der Waals surface area contributed by atoms with Gasteiger partial charge in [-0.25, -0.2) is 0 Å². The fourth-order valence-electron chi connectivity index (χ4n) is 1.74. The highest BCUT2D eigenvalue weighted by Gasteiger charge is 2.31. The van der Waals surface area contributed by atoms with Crippen molar-refractivity contribution in [2.75, 3.05) is 13.2 Å². The lowest BCUT2D eigenvalue weighted by atomic mass is 10.0. The van der Waals surface area contributed by atoms with Crippen LogP contribution < -0.4 is 5.32 Å². The minimum atomic E-state index is -0.364. The topological polar surface area (TPSA) is 21.3 Å². The summed E-state index contributed by atoms with van der Waals surface area (Å²) in [5.74, 6) is 0.574. The molecular formula is C12H16ClNO. The Kier molecular flexibility index (Phi) is 3.01. The van der Waals surface area contributed by atoms with Crippen molar-refractivity contribution in [3.63, 3.8) is 0 Å². The highest BCUT2D eigenvalue weighted by molar-refractivity contribution is 6.30. The number of halogens is 1. The molecule has 1 aliphatic rings. The fourth-order valence-corrected chi connectivity index (χ4v) is 1.87. The molecule has 0 bridgehead atoms. The third kappa shape index (κ3) is 2.33. The van der Waals surface area contributed by atoms with E-state index in [0.717, 1.165) is 23.7 Å². The van der Waals surface area contributed by atoms with Crippen LogP contribution in [0.15, 0.2) is 24.3 Å². The molecule has 1 fully saturated rings. The molecule has 2 nitrogen and oxygen atoms in total. The first-order valence-corrected chi connectivity index (χ1v) is 5.63. The Morgan fingerprint density at radius 3 is 2.60 bits per heavy atom. The Labute approximate surface area is 95.6 Å². The summed E-state index contributed by atoms with van der Waals surface area (Å²) in [5.41, 5.74) is 0.760. The third-order valence-electron chi connectivity index (χ3n) is 2.84. The van der Waals surface area contributed by atoms with E-state index in [0.29, 0.717) is 5.92 Å². The van der Waals surface area contributed by atoms with Crippen LogP contribution >= 0.6 is 11.6 Å². The summed E-state index contributed by atoms with van der Waals surface area (Å²) in [5, 5.41) is 4.17. The minimum absolute atomic E-state index is 0.364. The second-order valence-electron chi connectivity index (χ2n) is 4.34. The molecule has 0 spiro atoms. The number of benzene rings is 1. The van der Waals surface area contributed by atoms with E-state index < -0.39 is 0 Å². The van der Waals surface area contributed by atoms with E-state index in [-0.39, 0.29) is 5.72 Å². The van der Waals surface area contributed by atoms with Crippen LogP contribution in [0.3, 0.4) is 0 Å². The molecule has 0 aliphatic carbocycles. The maximum absolute atomic E-state index is 5.86. The van der Waals surface area contributed by atoms with Crippen molar-refractivity contribution in [3.05, 3.63) is 34.9 Å². The fraction of sp³-hybridized carbons (Fsp3) is 0.500. The van der Waals surface area contributed by atoms with Gasteiger partial charge >= 0.3 is 0 Å². The summed E-state index contributed by atoms with van der Waals surface area (Å²) in [6, 6.07) is 7.80. The van der Waals surface area contributed by atoms with Gasteiger partial charge in [0.05, 0.1) is 6.61 Å². The lowest BCUT2D eigenvalue weighted by molar-refractivity contribution is -0.106. The SMILES string of the molecule is CC1CNC(C)(c2ccc(Cl)cc2)OC1. The lowest BCUT2D eigenvalue weighted by Gasteiger charge is -2.38. The molecule has 15 heavy (non-hydrogen) atoms. The Bertz CT molecular complexity index is 328. The largest absolute Gasteiger partial charge is 0.356 e. The molecule has 2 unspecified atom stereocenters. The molecule has 82 valence electrons. The van der Waals surface area contributed by atoms with Crippen molar-refractivity contribution in [1.82, 2.24) is 5.32 Å². The summed E-state index contributed by atoms with van der Waals surface area (Å²) in [6.07, 6.45) is 0. The van der Waals surface area contributed by atoms with Gasteiger partial charge < -0.3 is 4.74 Å². The van der Waals surface area contributed by atoms with Crippen LogP contribution in [0.2, 0.25) is 5.02 Å². The molecule has 1 aromatic rings. The van der Waals surface area contributed by atoms with Gasteiger partial charge in [-0.2, -0.15) is 0 Å². The van der Waals surface area contributed by atoms with Crippen LogP contribution in [0.1, 0.15) is 19.4 Å². The van der Waals surface area contributed by atoms with Crippen LogP contribution in [0, 0.1) is 5.92 Å². The van der Waals surface area contributed by atoms with Gasteiger partial charge in [0, 0.05) is 11.6 Å². The Balaban J connectivity index is 2.18. The summed E-state index contributed by atoms with van der Waals surface area (Å²) in [6.45, 7) is 6.02. The highest BCUT2D eigenvalue weighted by Crippen LogP contribution is 2.27. The molecule has 0 amide bonds. The number of hydrogen-bond acceptors (Lipinski definition) is 2. The zero-order valence-corrected chi connectivity index (χ0v) is 9.84. The molecule has 2 rings (SSSR count). The van der Waals surface area contributed by atoms with Crippen LogP contribution in [0.25, 0.3) is 0 Å². The first-order chi connectivity index (χ1) is 7.10. The molecule has 0 aromatic heterocycles. The lowest BCUT2D eigenvalue weighted by Crippen LogP contribution is -2.49. The summed E-state index contributed by atoms with van der Waals surface area (Å²) in [4.78, 5) is 0. The average Bonchev–Trinajstić information content (AvgIpc) is 2.24. The van der Waals surface area contributed by atoms with Crippen molar-refractivity contribution in [2.24, 2.45) is 5.92 Å². The number of nitrogens with one attached hydrogen (secondary N) is 1. The Morgan fingerprint density at radius 2 is 2.07 bits per heavy atom. The van der Waals surface area contributed by atoms with E-state index in [1.165, 1.54) is 0 Å². The van der Waals surface area contributed by atoms with Crippen molar-refractivity contribution in [2.45, 2.75) is 19.6 Å². The van der Waals surface area contributed by atoms with Gasteiger partial charge in [-0.05, 0) is 30.5 Å². The monoisotopic (exact) mass is 225 g/mol. The molecule has 1 saturated heterocycles. The molecule has 0 radical (unpaired) electrons. The second kappa shape index (κ2) is 4.12. The van der Waals surface area contributed by atoms with E-state index in [4.69, 9.17) is 16.3 Å². The van der Waals surface area contributed by atoms with Gasteiger partial charge in [0.15, 0.2) is 0 Å². The molecule has 2 atom stereocenters. The Morgan fingerprint density at radius 1 is 1.40 bits per heavy atom. The molecule has 3 heteroatoms. The van der Waals surface area contributed by atoms with Crippen molar-refractivity contribution in [1.29, 1.82) is 0 Å². The molecule has 1 N–H and O–H groups in total. The maximum Gasteiger partial charge on any atom is 0.142 e. The summed E-state index contributed by atoms with van der Waals surface area (Å²) in [7, 11) is 0. The van der Waals surface area contributed by atoms with Gasteiger partial charge in [-0.3, -0.25) is 5.32 Å². The normalized spacial score (nSPS) is 31.5. The average molecular weight is 226 g/mol. The van der Waals surface area contributed by atoms with Crippen molar-refractivity contribution in [3.8, 4) is 0 Å². The first kappa shape index (κ1) is 10.9. The van der Waals surface area contributed by atoms with Crippen LogP contribution in [0.4, 0.5) is 0 Å². The molecule has 1 aliphatic heterocycles. The highest BCUT2D eigenvalue weighted by atomic mass is 35.5. The van der Waals surface area contributed by atoms with Crippen LogP contribution in [0.5, 0.6) is 0 Å². The summed E-state index contributed by atoms with van der Waals surface area (Å²) < 4.78 is 5.85. The van der Waals surface area contributed by atoms with Gasteiger partial charge in [-0.15, -0.1) is 0 Å². The minimum Gasteiger partial charge on any atom is -0.356 e. The number of hydrogen-bond donors (Lipinski definition) is 1. The predicted molar refractivity (Wildman–Crippen MR) is 61.9 cm³/mol. The van der Waals surface area contributed by atoms with Gasteiger partial charge in [0.2, 0.25) is 0 Å². The maximum atomic E-state index is 5.86. The van der Waals surface area contributed by atoms with E-state index in [1.54, 1.807) is 0 Å². The number of rotatable bonds is 1. The Hall–Kier alpha value is -0.570. The van der Waals surface area contributed by atoms with E-state index in [9.17, 15) is 0 Å². The first-order valence-electron chi connectivity index (χ1n) is 5.25. The third-order valence-corrected chi connectivity index (χ3v) is 3.09. The van der Waals surface area contributed by atoms with Crippen LogP contribution in [-0.4, -0.2) is 13.2 Å². The predicted octanol–water partition coefficient (Wildman–Crippen LogP) is 2.77. The standard InChI is InChI=1S/C12H16ClNO/c1-9-7-14-12(2,15-8-9)10-3-5-11(13)6-4-10/h3-6,9,14H,7-8H2,1-2H3. The molecule has 1 aromatic carbocycles.